The van der Waals surface area contributed by atoms with Gasteiger partial charge in [-0.05, 0) is 47.9 Å². The van der Waals surface area contributed by atoms with Crippen LogP contribution in [0.2, 0.25) is 10.0 Å². The van der Waals surface area contributed by atoms with Crippen molar-refractivity contribution in [3.63, 3.8) is 0 Å². The van der Waals surface area contributed by atoms with Gasteiger partial charge >= 0.3 is 0 Å². The van der Waals surface area contributed by atoms with E-state index in [1.54, 1.807) is 6.07 Å². The molecule has 94 valence electrons. The van der Waals surface area contributed by atoms with Crippen LogP contribution in [0, 0.1) is 0 Å². The van der Waals surface area contributed by atoms with Crippen molar-refractivity contribution in [2.24, 2.45) is 0 Å². The fraction of sp³-hybridized carbons (Fsp3) is 0.200. The van der Waals surface area contributed by atoms with Gasteiger partial charge in [-0.15, -0.1) is 0 Å². The average Bonchev–Trinajstić information content (AvgIpc) is 2.40. The minimum atomic E-state index is 0.673. The van der Waals surface area contributed by atoms with Crippen LogP contribution in [0.25, 0.3) is 0 Å². The molecule has 0 saturated carbocycles. The van der Waals surface area contributed by atoms with Crippen LogP contribution in [-0.2, 0) is 13.0 Å². The molecule has 0 bridgehead atoms. The molecule has 0 aromatic heterocycles. The SMILES string of the molecule is CCc1cccc(NCc2cc(Cl)ccc2Cl)c1. The van der Waals surface area contributed by atoms with E-state index in [0.29, 0.717) is 11.6 Å². The van der Waals surface area contributed by atoms with Crippen molar-refractivity contribution in [1.29, 1.82) is 0 Å². The number of hydrogen-bond acceptors (Lipinski definition) is 1. The number of anilines is 1. The molecule has 18 heavy (non-hydrogen) atoms. The molecule has 1 nitrogen and oxygen atoms in total. The Morgan fingerprint density at radius 2 is 1.89 bits per heavy atom. The maximum atomic E-state index is 6.12. The summed E-state index contributed by atoms with van der Waals surface area (Å²) in [5.41, 5.74) is 3.42. The zero-order chi connectivity index (χ0) is 13.0. The molecule has 0 radical (unpaired) electrons. The van der Waals surface area contributed by atoms with E-state index in [1.165, 1.54) is 5.56 Å². The molecule has 2 aromatic rings. The zero-order valence-corrected chi connectivity index (χ0v) is 11.7. The lowest BCUT2D eigenvalue weighted by molar-refractivity contribution is 1.12. The lowest BCUT2D eigenvalue weighted by Crippen LogP contribution is -2.00. The van der Waals surface area contributed by atoms with Gasteiger partial charge in [0.25, 0.3) is 0 Å². The van der Waals surface area contributed by atoms with Gasteiger partial charge in [0, 0.05) is 22.3 Å². The van der Waals surface area contributed by atoms with E-state index in [-0.39, 0.29) is 0 Å². The second-order valence-electron chi connectivity index (χ2n) is 4.14. The van der Waals surface area contributed by atoms with Crippen LogP contribution in [0.1, 0.15) is 18.1 Å². The quantitative estimate of drug-likeness (QED) is 0.814. The molecule has 2 aromatic carbocycles. The minimum absolute atomic E-state index is 0.673. The van der Waals surface area contributed by atoms with Crippen LogP contribution in [0.15, 0.2) is 42.5 Å². The predicted octanol–water partition coefficient (Wildman–Crippen LogP) is 5.17. The number of aryl methyl sites for hydroxylation is 1. The predicted molar refractivity (Wildman–Crippen MR) is 79.6 cm³/mol. The van der Waals surface area contributed by atoms with Crippen molar-refractivity contribution in [3.8, 4) is 0 Å². The third kappa shape index (κ3) is 3.41. The topological polar surface area (TPSA) is 12.0 Å². The molecular formula is C15H15Cl2N. The van der Waals surface area contributed by atoms with Gasteiger partial charge in [-0.2, -0.15) is 0 Å². The van der Waals surface area contributed by atoms with E-state index in [0.717, 1.165) is 22.7 Å². The summed E-state index contributed by atoms with van der Waals surface area (Å²) in [6, 6.07) is 13.9. The molecule has 0 aliphatic heterocycles. The third-order valence-electron chi connectivity index (χ3n) is 2.83. The Labute approximate surface area is 118 Å². The third-order valence-corrected chi connectivity index (χ3v) is 3.43. The summed E-state index contributed by atoms with van der Waals surface area (Å²) in [6.45, 7) is 2.82. The Hall–Kier alpha value is -1.18. The molecule has 0 amide bonds. The van der Waals surface area contributed by atoms with Crippen molar-refractivity contribution >= 4 is 28.9 Å². The monoisotopic (exact) mass is 279 g/mol. The van der Waals surface area contributed by atoms with Crippen molar-refractivity contribution in [3.05, 3.63) is 63.6 Å². The Balaban J connectivity index is 2.08. The van der Waals surface area contributed by atoms with Gasteiger partial charge in [-0.3, -0.25) is 0 Å². The fourth-order valence-electron chi connectivity index (χ4n) is 1.78. The van der Waals surface area contributed by atoms with Gasteiger partial charge in [-0.1, -0.05) is 42.3 Å². The average molecular weight is 280 g/mol. The maximum Gasteiger partial charge on any atom is 0.0456 e. The van der Waals surface area contributed by atoms with Crippen LogP contribution < -0.4 is 5.32 Å². The number of hydrogen-bond donors (Lipinski definition) is 1. The van der Waals surface area contributed by atoms with Gasteiger partial charge in [-0.25, -0.2) is 0 Å². The lowest BCUT2D eigenvalue weighted by Gasteiger charge is -2.09. The summed E-state index contributed by atoms with van der Waals surface area (Å²) >= 11 is 12.1. The van der Waals surface area contributed by atoms with Crippen LogP contribution in [-0.4, -0.2) is 0 Å². The van der Waals surface area contributed by atoms with Crippen molar-refractivity contribution in [2.45, 2.75) is 19.9 Å². The summed E-state index contributed by atoms with van der Waals surface area (Å²) in [4.78, 5) is 0. The van der Waals surface area contributed by atoms with Crippen LogP contribution in [0.3, 0.4) is 0 Å². The fourth-order valence-corrected chi connectivity index (χ4v) is 2.16. The van der Waals surface area contributed by atoms with Crippen LogP contribution in [0.5, 0.6) is 0 Å². The van der Waals surface area contributed by atoms with Gasteiger partial charge in [0.1, 0.15) is 0 Å². The van der Waals surface area contributed by atoms with Gasteiger partial charge < -0.3 is 5.32 Å². The Bertz CT molecular complexity index is 538. The minimum Gasteiger partial charge on any atom is -0.381 e. The van der Waals surface area contributed by atoms with Gasteiger partial charge in [0.05, 0.1) is 0 Å². The highest BCUT2D eigenvalue weighted by Crippen LogP contribution is 2.22. The normalized spacial score (nSPS) is 10.4. The second-order valence-corrected chi connectivity index (χ2v) is 4.99. The van der Waals surface area contributed by atoms with E-state index in [4.69, 9.17) is 23.2 Å². The number of halogens is 2. The second kappa shape index (κ2) is 6.12. The Kier molecular flexibility index (Phi) is 4.51. The first-order chi connectivity index (χ1) is 8.69. The summed E-state index contributed by atoms with van der Waals surface area (Å²) < 4.78 is 0. The van der Waals surface area contributed by atoms with Crippen molar-refractivity contribution in [2.75, 3.05) is 5.32 Å². The largest absolute Gasteiger partial charge is 0.381 e. The van der Waals surface area contributed by atoms with Crippen molar-refractivity contribution in [1.82, 2.24) is 0 Å². The molecule has 3 heteroatoms. The lowest BCUT2D eigenvalue weighted by atomic mass is 10.1. The van der Waals surface area contributed by atoms with Gasteiger partial charge in [0.15, 0.2) is 0 Å². The molecule has 0 heterocycles. The molecular weight excluding hydrogens is 265 g/mol. The van der Waals surface area contributed by atoms with E-state index >= 15 is 0 Å². The molecule has 0 aliphatic carbocycles. The molecule has 0 fully saturated rings. The summed E-state index contributed by atoms with van der Waals surface area (Å²) in [5, 5.41) is 4.80. The Morgan fingerprint density at radius 1 is 1.06 bits per heavy atom. The van der Waals surface area contributed by atoms with Crippen molar-refractivity contribution < 1.29 is 0 Å². The number of nitrogens with one attached hydrogen (secondary N) is 1. The first-order valence-corrected chi connectivity index (χ1v) is 6.71. The molecule has 1 N–H and O–H groups in total. The number of rotatable bonds is 4. The first-order valence-electron chi connectivity index (χ1n) is 5.96. The van der Waals surface area contributed by atoms with Gasteiger partial charge in [0.2, 0.25) is 0 Å². The molecule has 2 rings (SSSR count). The molecule has 0 spiro atoms. The molecule has 0 atom stereocenters. The smallest absolute Gasteiger partial charge is 0.0456 e. The summed E-state index contributed by atoms with van der Waals surface area (Å²) in [5.74, 6) is 0. The van der Waals surface area contributed by atoms with E-state index in [1.807, 2.05) is 12.1 Å². The van der Waals surface area contributed by atoms with E-state index in [9.17, 15) is 0 Å². The summed E-state index contributed by atoms with van der Waals surface area (Å²) in [7, 11) is 0. The maximum absolute atomic E-state index is 6.12. The van der Waals surface area contributed by atoms with E-state index < -0.39 is 0 Å². The zero-order valence-electron chi connectivity index (χ0n) is 10.2. The number of benzene rings is 2. The van der Waals surface area contributed by atoms with Crippen LogP contribution >= 0.6 is 23.2 Å². The highest BCUT2D eigenvalue weighted by atomic mass is 35.5. The Morgan fingerprint density at radius 3 is 2.67 bits per heavy atom. The molecule has 0 aliphatic rings. The summed E-state index contributed by atoms with van der Waals surface area (Å²) in [6.07, 6.45) is 1.04. The standard InChI is InChI=1S/C15H15Cl2N/c1-2-11-4-3-5-14(8-11)18-10-12-9-13(16)6-7-15(12)17/h3-9,18H,2,10H2,1H3. The first kappa shape index (κ1) is 13.3. The highest BCUT2D eigenvalue weighted by Gasteiger charge is 2.01. The highest BCUT2D eigenvalue weighted by molar-refractivity contribution is 6.33. The van der Waals surface area contributed by atoms with Crippen LogP contribution in [0.4, 0.5) is 5.69 Å². The molecule has 0 unspecified atom stereocenters. The van der Waals surface area contributed by atoms with E-state index in [2.05, 4.69) is 36.5 Å². The molecule has 0 saturated heterocycles.